The van der Waals surface area contributed by atoms with Crippen molar-refractivity contribution < 1.29 is 18.6 Å². The number of rotatable bonds is 11. The summed E-state index contributed by atoms with van der Waals surface area (Å²) < 4.78 is 27.0. The molecule has 5 unspecified atom stereocenters. The number of hydrogen-bond acceptors (Lipinski definition) is 5. The summed E-state index contributed by atoms with van der Waals surface area (Å²) in [4.78, 5) is 1.18. The first-order valence-corrected chi connectivity index (χ1v) is 17.7. The second-order valence-corrected chi connectivity index (χ2v) is 17.9. The van der Waals surface area contributed by atoms with E-state index in [-0.39, 0.29) is 34.7 Å². The van der Waals surface area contributed by atoms with Gasteiger partial charge in [0.1, 0.15) is 17.6 Å². The molecule has 0 aliphatic carbocycles. The molecule has 0 N–H and O–H groups in total. The maximum Gasteiger partial charge on any atom is 0.192 e. The van der Waals surface area contributed by atoms with E-state index in [2.05, 4.69) is 101 Å². The molecule has 1 heterocycles. The van der Waals surface area contributed by atoms with E-state index in [4.69, 9.17) is 18.6 Å². The third-order valence-electron chi connectivity index (χ3n) is 7.93. The Morgan fingerprint density at radius 1 is 0.744 bits per heavy atom. The second kappa shape index (κ2) is 13.6. The minimum atomic E-state index is -1.99. The van der Waals surface area contributed by atoms with Gasteiger partial charge in [-0.25, -0.2) is 0 Å². The number of benzene rings is 3. The molecule has 1 aliphatic heterocycles. The van der Waals surface area contributed by atoms with Crippen LogP contribution >= 0.6 is 11.8 Å². The summed E-state index contributed by atoms with van der Waals surface area (Å²) in [6.45, 7) is 15.1. The molecule has 0 bridgehead atoms. The maximum atomic E-state index is 6.85. The summed E-state index contributed by atoms with van der Waals surface area (Å²) >= 11 is 1.76. The van der Waals surface area contributed by atoms with E-state index in [1.54, 1.807) is 11.8 Å². The molecule has 5 atom stereocenters. The maximum absolute atomic E-state index is 6.85. The third-order valence-corrected chi connectivity index (χ3v) is 13.7. The van der Waals surface area contributed by atoms with Crippen LogP contribution in [-0.4, -0.2) is 38.7 Å². The second-order valence-electron chi connectivity index (χ2n) is 11.9. The lowest BCUT2D eigenvalue weighted by Crippen LogP contribution is -2.57. The van der Waals surface area contributed by atoms with Gasteiger partial charge in [0.15, 0.2) is 8.32 Å². The predicted molar refractivity (Wildman–Crippen MR) is 163 cm³/mol. The molecule has 4 nitrogen and oxygen atoms in total. The van der Waals surface area contributed by atoms with Crippen LogP contribution in [0.25, 0.3) is 0 Å². The summed E-state index contributed by atoms with van der Waals surface area (Å²) in [5, 5.41) is 0.108. The van der Waals surface area contributed by atoms with Gasteiger partial charge in [-0.2, -0.15) is 0 Å². The summed E-state index contributed by atoms with van der Waals surface area (Å²) in [6, 6.07) is 31.2. The molecule has 0 saturated carbocycles. The highest BCUT2D eigenvalue weighted by atomic mass is 32.2. The van der Waals surface area contributed by atoms with Crippen LogP contribution in [0.15, 0.2) is 95.9 Å². The third kappa shape index (κ3) is 8.29. The van der Waals surface area contributed by atoms with E-state index in [0.717, 1.165) is 11.1 Å². The lowest BCUT2D eigenvalue weighted by atomic mass is 9.93. The van der Waals surface area contributed by atoms with Crippen LogP contribution in [0.5, 0.6) is 0 Å². The first-order chi connectivity index (χ1) is 18.6. The van der Waals surface area contributed by atoms with Crippen molar-refractivity contribution in [1.82, 2.24) is 0 Å². The zero-order valence-corrected chi connectivity index (χ0v) is 26.0. The molecule has 3 aromatic rings. The molecule has 0 aromatic heterocycles. The van der Waals surface area contributed by atoms with Gasteiger partial charge in [-0.1, -0.05) is 118 Å². The van der Waals surface area contributed by atoms with Gasteiger partial charge < -0.3 is 18.6 Å². The summed E-state index contributed by atoms with van der Waals surface area (Å²) in [5.74, 6) is 0.101. The van der Waals surface area contributed by atoms with Crippen LogP contribution in [0.2, 0.25) is 18.1 Å². The fraction of sp³-hybridized carbons (Fsp3) is 0.455. The average molecular weight is 565 g/mol. The van der Waals surface area contributed by atoms with Crippen molar-refractivity contribution in [3.8, 4) is 0 Å². The Morgan fingerprint density at radius 3 is 1.74 bits per heavy atom. The van der Waals surface area contributed by atoms with Gasteiger partial charge in [0.25, 0.3) is 0 Å². The SMILES string of the molecule is CC1C(Sc2ccccc2)OC(CO[Si](C)(C)C(C)(C)C)C(OCc2ccccc2)C1OCc1ccccc1. The minimum Gasteiger partial charge on any atom is -0.414 e. The van der Waals surface area contributed by atoms with E-state index < -0.39 is 8.32 Å². The molecule has 6 heteroatoms. The van der Waals surface area contributed by atoms with Crippen molar-refractivity contribution in [2.24, 2.45) is 5.92 Å². The van der Waals surface area contributed by atoms with Gasteiger partial charge in [0.05, 0.1) is 25.9 Å². The monoisotopic (exact) mass is 564 g/mol. The van der Waals surface area contributed by atoms with Gasteiger partial charge in [0.2, 0.25) is 0 Å². The first kappa shape index (κ1) is 30.0. The molecule has 0 amide bonds. The highest BCUT2D eigenvalue weighted by Crippen LogP contribution is 2.41. The van der Waals surface area contributed by atoms with Crippen LogP contribution in [0.3, 0.4) is 0 Å². The Morgan fingerprint density at radius 2 is 1.23 bits per heavy atom. The quantitative estimate of drug-likeness (QED) is 0.219. The summed E-state index contributed by atoms with van der Waals surface area (Å²) in [5.41, 5.74) is 2.20. The molecule has 3 aromatic carbocycles. The van der Waals surface area contributed by atoms with E-state index in [1.165, 1.54) is 4.90 Å². The fourth-order valence-corrected chi connectivity index (χ4v) is 6.60. The van der Waals surface area contributed by atoms with Crippen molar-refractivity contribution in [3.63, 3.8) is 0 Å². The number of hydrogen-bond donors (Lipinski definition) is 0. The Balaban J connectivity index is 1.61. The highest BCUT2D eigenvalue weighted by Gasteiger charge is 2.47. The van der Waals surface area contributed by atoms with Gasteiger partial charge in [0, 0.05) is 10.8 Å². The van der Waals surface area contributed by atoms with Crippen LogP contribution in [0.4, 0.5) is 0 Å². The van der Waals surface area contributed by atoms with Crippen molar-refractivity contribution in [2.75, 3.05) is 6.61 Å². The fourth-order valence-electron chi connectivity index (χ4n) is 4.43. The van der Waals surface area contributed by atoms with E-state index >= 15 is 0 Å². The molecule has 0 spiro atoms. The Kier molecular flexibility index (Phi) is 10.5. The van der Waals surface area contributed by atoms with Crippen LogP contribution in [0, 0.1) is 5.92 Å². The zero-order chi connectivity index (χ0) is 27.9. The van der Waals surface area contributed by atoms with Crippen molar-refractivity contribution in [2.45, 2.75) is 87.7 Å². The van der Waals surface area contributed by atoms with Gasteiger partial charge in [-0.05, 0) is 41.4 Å². The minimum absolute atomic E-state index is 0.0854. The average Bonchev–Trinajstić information content (AvgIpc) is 2.93. The molecule has 0 radical (unpaired) electrons. The van der Waals surface area contributed by atoms with E-state index in [1.807, 2.05) is 30.3 Å². The Bertz CT molecular complexity index is 1120. The van der Waals surface area contributed by atoms with Crippen molar-refractivity contribution in [1.29, 1.82) is 0 Å². The standard InChI is InChI=1S/C33H44O4SSi/c1-25-30(34-22-26-16-10-7-11-17-26)31(35-23-27-18-12-8-13-19-27)29(24-36-39(5,6)33(2,3)4)37-32(25)38-28-20-14-9-15-21-28/h7-21,25,29-32H,22-24H2,1-6H3. The first-order valence-electron chi connectivity index (χ1n) is 14.0. The van der Waals surface area contributed by atoms with Crippen LogP contribution in [0.1, 0.15) is 38.8 Å². The smallest absolute Gasteiger partial charge is 0.192 e. The number of thioether (sulfide) groups is 1. The summed E-state index contributed by atoms with van der Waals surface area (Å²) in [6.07, 6.45) is -0.667. The van der Waals surface area contributed by atoms with E-state index in [0.29, 0.717) is 19.8 Å². The summed E-state index contributed by atoms with van der Waals surface area (Å²) in [7, 11) is -1.99. The van der Waals surface area contributed by atoms with Crippen molar-refractivity contribution >= 4 is 20.1 Å². The molecule has 4 rings (SSSR count). The highest BCUT2D eigenvalue weighted by molar-refractivity contribution is 7.99. The lowest BCUT2D eigenvalue weighted by Gasteiger charge is -2.46. The number of ether oxygens (including phenoxy) is 3. The van der Waals surface area contributed by atoms with Gasteiger partial charge in [-0.15, -0.1) is 0 Å². The normalized spacial score (nSPS) is 24.0. The molecule has 210 valence electrons. The lowest BCUT2D eigenvalue weighted by molar-refractivity contribution is -0.219. The van der Waals surface area contributed by atoms with Gasteiger partial charge in [-0.3, -0.25) is 0 Å². The topological polar surface area (TPSA) is 36.9 Å². The van der Waals surface area contributed by atoms with Crippen LogP contribution < -0.4 is 0 Å². The Labute approximate surface area is 240 Å². The zero-order valence-electron chi connectivity index (χ0n) is 24.2. The predicted octanol–water partition coefficient (Wildman–Crippen LogP) is 8.33. The molecule has 39 heavy (non-hydrogen) atoms. The van der Waals surface area contributed by atoms with E-state index in [9.17, 15) is 0 Å². The Hall–Kier alpha value is -1.93. The molecular weight excluding hydrogens is 521 g/mol. The molecule has 1 aliphatic rings. The largest absolute Gasteiger partial charge is 0.414 e. The molecule has 1 saturated heterocycles. The molecular formula is C33H44O4SSi. The molecule has 1 fully saturated rings. The van der Waals surface area contributed by atoms with Crippen LogP contribution in [-0.2, 0) is 31.9 Å². The van der Waals surface area contributed by atoms with Crippen molar-refractivity contribution in [3.05, 3.63) is 102 Å². The van der Waals surface area contributed by atoms with Gasteiger partial charge >= 0.3 is 0 Å².